The number of Topliss-reactive ketones (excluding diaryl/α,β-unsaturated/α-hetero) is 1. The van der Waals surface area contributed by atoms with Crippen LogP contribution in [0.25, 0.3) is 0 Å². The van der Waals surface area contributed by atoms with Crippen molar-refractivity contribution in [3.8, 4) is 0 Å². The minimum absolute atomic E-state index is 0.0656. The van der Waals surface area contributed by atoms with Crippen LogP contribution in [0.5, 0.6) is 0 Å². The number of piperidine rings is 1. The minimum atomic E-state index is -1.01. The van der Waals surface area contributed by atoms with Gasteiger partial charge in [0.2, 0.25) is 17.6 Å². The van der Waals surface area contributed by atoms with Crippen molar-refractivity contribution in [3.05, 3.63) is 20.4 Å². The Bertz CT molecular complexity index is 1610. The molecule has 4 rings (SSSR count). The Hall–Kier alpha value is -3.97. The molecule has 4 N–H and O–H groups in total. The molecule has 5 amide bonds. The molecule has 1 heterocycles. The number of nitrogens with one attached hydrogen (secondary N) is 4. The number of carbonyl (C=O) groups excluding carboxylic acids is 5. The van der Waals surface area contributed by atoms with Crippen LogP contribution in [0, 0.1) is 34.0 Å². The van der Waals surface area contributed by atoms with Gasteiger partial charge in [-0.1, -0.05) is 68.2 Å². The quantitative estimate of drug-likeness (QED) is 0.208. The second-order valence-electron chi connectivity index (χ2n) is 17.8. The molecule has 1 aromatic rings. The molecule has 2 saturated carbocycles. The van der Waals surface area contributed by atoms with E-state index in [1.54, 1.807) is 42.8 Å². The number of likely N-dealkylation sites (N-methyl/N-ethyl adjacent to an activating group) is 2. The zero-order chi connectivity index (χ0) is 38.5. The van der Waals surface area contributed by atoms with E-state index in [2.05, 4.69) is 35.1 Å². The highest BCUT2D eigenvalue weighted by Crippen LogP contribution is 2.65. The summed E-state index contributed by atoms with van der Waals surface area (Å²) in [6.45, 7) is 18.0. The molecule has 284 valence electrons. The molecule has 0 bridgehead atoms. The van der Waals surface area contributed by atoms with Gasteiger partial charge in [0, 0.05) is 40.8 Å². The highest BCUT2D eigenvalue weighted by Gasteiger charge is 2.70. The summed E-state index contributed by atoms with van der Waals surface area (Å²) in [4.78, 5) is 97.4. The minimum Gasteiger partial charge on any atom is -0.373 e. The summed E-state index contributed by atoms with van der Waals surface area (Å²) in [5.41, 5.74) is -1.94. The fraction of sp³-hybridized carbons (Fsp3) is 0.757. The molecule has 14 heteroatoms. The molecule has 3 aliphatic rings. The normalized spacial score (nSPS) is 22.7. The first-order valence-electron chi connectivity index (χ1n) is 18.1. The number of urea groups is 1. The molecule has 1 unspecified atom stereocenters. The van der Waals surface area contributed by atoms with Gasteiger partial charge >= 0.3 is 6.03 Å². The highest BCUT2D eigenvalue weighted by molar-refractivity contribution is 6.38. The number of nitrogens with zero attached hydrogens (tertiary/aromatic N) is 3. The summed E-state index contributed by atoms with van der Waals surface area (Å²) >= 11 is 0. The Kier molecular flexibility index (Phi) is 11.1. The van der Waals surface area contributed by atoms with Crippen molar-refractivity contribution in [1.29, 1.82) is 0 Å². The standard InChI is InChI=1S/C37H59N7O7/c1-13-38-32(49)27(45)21(16-19-14-15-19)39-31(48)24-23-20(37(23,8)9)17-44(24)33(50)30(36(5,6)7)41-34(51)40-22(35(2,3)4)18-43(12)26-25(42(10)11)28(46)29(26)47/h19-24,30H,13-18H2,1-12H3,(H,38,49)(H,39,48)(H2,40,41,51)/t20-,21?,22+,23-,24-,30+/m0/s1. The van der Waals surface area contributed by atoms with E-state index in [-0.39, 0.29) is 41.9 Å². The summed E-state index contributed by atoms with van der Waals surface area (Å²) in [5.74, 6) is -2.11. The van der Waals surface area contributed by atoms with E-state index in [0.717, 1.165) is 12.8 Å². The molecule has 1 aromatic carbocycles. The van der Waals surface area contributed by atoms with Gasteiger partial charge in [-0.05, 0) is 47.3 Å². The Morgan fingerprint density at radius 1 is 0.882 bits per heavy atom. The van der Waals surface area contributed by atoms with E-state index >= 15 is 0 Å². The molecular formula is C37H59N7O7. The zero-order valence-electron chi connectivity index (χ0n) is 32.5. The van der Waals surface area contributed by atoms with E-state index in [4.69, 9.17) is 0 Å². The Morgan fingerprint density at radius 3 is 1.98 bits per heavy atom. The molecule has 0 radical (unpaired) electrons. The lowest BCUT2D eigenvalue weighted by molar-refractivity contribution is -0.145. The monoisotopic (exact) mass is 713 g/mol. The smallest absolute Gasteiger partial charge is 0.315 e. The molecular weight excluding hydrogens is 654 g/mol. The number of rotatable bonds is 14. The topological polar surface area (TPSA) is 177 Å². The van der Waals surface area contributed by atoms with Crippen molar-refractivity contribution in [2.24, 2.45) is 34.0 Å². The highest BCUT2D eigenvalue weighted by atomic mass is 16.2. The predicted octanol–water partition coefficient (Wildman–Crippen LogP) is 1.39. The summed E-state index contributed by atoms with van der Waals surface area (Å²) in [7, 11) is 5.09. The van der Waals surface area contributed by atoms with Crippen LogP contribution in [0.3, 0.4) is 0 Å². The van der Waals surface area contributed by atoms with Crippen molar-refractivity contribution < 1.29 is 24.0 Å². The molecule has 2 aliphatic carbocycles. The van der Waals surface area contributed by atoms with Gasteiger partial charge in [0.25, 0.3) is 16.8 Å². The molecule has 6 atom stereocenters. The van der Waals surface area contributed by atoms with Crippen LogP contribution >= 0.6 is 0 Å². The summed E-state index contributed by atoms with van der Waals surface area (Å²) in [6.07, 6.45) is 2.23. The van der Waals surface area contributed by atoms with E-state index in [0.29, 0.717) is 18.7 Å². The van der Waals surface area contributed by atoms with E-state index < -0.39 is 75.4 Å². The average molecular weight is 714 g/mol. The maximum Gasteiger partial charge on any atom is 0.315 e. The number of anilines is 2. The second-order valence-corrected chi connectivity index (χ2v) is 17.8. The third-order valence-corrected chi connectivity index (χ3v) is 11.1. The Balaban J connectivity index is 1.53. The number of hydrogen-bond donors (Lipinski definition) is 4. The maximum absolute atomic E-state index is 14.5. The number of carbonyl (C=O) groups is 5. The summed E-state index contributed by atoms with van der Waals surface area (Å²) in [6, 6.07) is -3.95. The van der Waals surface area contributed by atoms with Crippen LogP contribution < -0.4 is 41.9 Å². The lowest BCUT2D eigenvalue weighted by atomic mass is 9.84. The van der Waals surface area contributed by atoms with Crippen molar-refractivity contribution in [1.82, 2.24) is 26.2 Å². The lowest BCUT2D eigenvalue weighted by Crippen LogP contribution is -2.63. The first-order chi connectivity index (χ1) is 23.4. The number of hydrogen-bond acceptors (Lipinski definition) is 9. The van der Waals surface area contributed by atoms with Crippen molar-refractivity contribution in [3.63, 3.8) is 0 Å². The van der Waals surface area contributed by atoms with Crippen LogP contribution in [-0.2, 0) is 19.2 Å². The molecule has 1 saturated heterocycles. The van der Waals surface area contributed by atoms with Gasteiger partial charge in [0.15, 0.2) is 0 Å². The van der Waals surface area contributed by atoms with Gasteiger partial charge in [0.05, 0.1) is 12.1 Å². The number of ketones is 1. The van der Waals surface area contributed by atoms with Crippen LogP contribution in [-0.4, -0.2) is 99.4 Å². The van der Waals surface area contributed by atoms with Gasteiger partial charge in [0.1, 0.15) is 23.5 Å². The fourth-order valence-electron chi connectivity index (χ4n) is 7.58. The molecule has 51 heavy (non-hydrogen) atoms. The Labute approximate surface area is 301 Å². The first kappa shape index (κ1) is 39.8. The SMILES string of the molecule is CCNC(=O)C(=O)C(CC1CC1)NC(=O)[C@@H]1[C@@H]2[C@H](CN1C(=O)[C@@H](NC(=O)N[C@H](CN(C)c1c(N(C)C)c(=O)c1=O)C(C)(C)C)C(C)(C)C)C2(C)C. The molecule has 14 nitrogen and oxygen atoms in total. The average Bonchev–Trinajstić information content (AvgIpc) is 3.86. The third-order valence-electron chi connectivity index (χ3n) is 11.1. The van der Waals surface area contributed by atoms with Gasteiger partial charge in [-0.2, -0.15) is 0 Å². The largest absolute Gasteiger partial charge is 0.373 e. The number of fused-ring (bicyclic) bond motifs is 1. The first-order valence-corrected chi connectivity index (χ1v) is 18.1. The molecule has 1 aliphatic heterocycles. The van der Waals surface area contributed by atoms with E-state index in [1.165, 1.54) is 0 Å². The number of amides is 5. The summed E-state index contributed by atoms with van der Waals surface area (Å²) < 4.78 is 0. The van der Waals surface area contributed by atoms with E-state index in [9.17, 15) is 33.6 Å². The van der Waals surface area contributed by atoms with Gasteiger partial charge in [-0.3, -0.25) is 28.8 Å². The molecule has 0 spiro atoms. The van der Waals surface area contributed by atoms with Crippen LogP contribution in [0.15, 0.2) is 9.59 Å². The van der Waals surface area contributed by atoms with Gasteiger partial charge in [-0.15, -0.1) is 0 Å². The predicted molar refractivity (Wildman–Crippen MR) is 196 cm³/mol. The maximum atomic E-state index is 14.5. The van der Waals surface area contributed by atoms with Crippen molar-refractivity contribution in [2.45, 2.75) is 106 Å². The second kappa shape index (κ2) is 14.2. The number of likely N-dealkylation sites (tertiary alicyclic amines) is 1. The fourth-order valence-corrected chi connectivity index (χ4v) is 7.58. The molecule has 3 fully saturated rings. The van der Waals surface area contributed by atoms with Crippen molar-refractivity contribution in [2.75, 3.05) is 50.6 Å². The van der Waals surface area contributed by atoms with Crippen molar-refractivity contribution >= 4 is 40.9 Å². The third kappa shape index (κ3) is 8.25. The van der Waals surface area contributed by atoms with Crippen LogP contribution in [0.2, 0.25) is 0 Å². The summed E-state index contributed by atoms with van der Waals surface area (Å²) in [5, 5.41) is 11.3. The van der Waals surface area contributed by atoms with Gasteiger partial charge in [-0.25, -0.2) is 4.79 Å². The van der Waals surface area contributed by atoms with Crippen LogP contribution in [0.1, 0.15) is 81.6 Å². The van der Waals surface area contributed by atoms with Crippen LogP contribution in [0.4, 0.5) is 16.2 Å². The molecule has 0 aromatic heterocycles. The van der Waals surface area contributed by atoms with E-state index in [1.807, 2.05) is 41.5 Å². The Morgan fingerprint density at radius 2 is 1.47 bits per heavy atom. The zero-order valence-corrected chi connectivity index (χ0v) is 32.5. The lowest BCUT2D eigenvalue weighted by Gasteiger charge is -2.39. The van der Waals surface area contributed by atoms with Gasteiger partial charge < -0.3 is 36.0 Å².